The predicted molar refractivity (Wildman–Crippen MR) is 119 cm³/mol. The lowest BCUT2D eigenvalue weighted by Gasteiger charge is -2.34. The molecule has 7 nitrogen and oxygen atoms in total. The number of anilines is 2. The molecule has 1 saturated heterocycles. The Kier molecular flexibility index (Phi) is 4.11. The van der Waals surface area contributed by atoms with Gasteiger partial charge in [-0.1, -0.05) is 29.4 Å². The van der Waals surface area contributed by atoms with E-state index in [4.69, 9.17) is 8.94 Å². The van der Waals surface area contributed by atoms with Gasteiger partial charge in [-0.05, 0) is 25.2 Å². The topological polar surface area (TPSA) is 74.8 Å². The van der Waals surface area contributed by atoms with Crippen molar-refractivity contribution in [3.05, 3.63) is 65.6 Å². The van der Waals surface area contributed by atoms with Crippen molar-refractivity contribution in [1.82, 2.24) is 10.1 Å². The van der Waals surface area contributed by atoms with Gasteiger partial charge in [0, 0.05) is 43.0 Å². The zero-order valence-corrected chi connectivity index (χ0v) is 17.2. The fourth-order valence-electron chi connectivity index (χ4n) is 4.57. The summed E-state index contributed by atoms with van der Waals surface area (Å²) in [6.45, 7) is 4.24. The van der Waals surface area contributed by atoms with Crippen LogP contribution in [0.15, 0.2) is 57.7 Å². The third-order valence-corrected chi connectivity index (χ3v) is 6.26. The molecule has 0 unspecified atom stereocenters. The van der Waals surface area contributed by atoms with Crippen LogP contribution in [0.1, 0.15) is 21.7 Å². The van der Waals surface area contributed by atoms with Gasteiger partial charge < -0.3 is 24.1 Å². The number of ketones is 1. The molecule has 2 aromatic carbocycles. The highest BCUT2D eigenvalue weighted by Gasteiger charge is 2.34. The molecule has 1 aliphatic carbocycles. The van der Waals surface area contributed by atoms with Gasteiger partial charge in [-0.15, -0.1) is 0 Å². The number of hydrogen-bond acceptors (Lipinski definition) is 7. The van der Waals surface area contributed by atoms with E-state index in [0.717, 1.165) is 59.8 Å². The van der Waals surface area contributed by atoms with Gasteiger partial charge in [0.25, 0.3) is 0 Å². The van der Waals surface area contributed by atoms with Crippen LogP contribution in [-0.4, -0.2) is 49.1 Å². The number of likely N-dealkylation sites (N-methyl/N-ethyl adjacent to an activating group) is 1. The van der Waals surface area contributed by atoms with Crippen LogP contribution in [-0.2, 0) is 6.54 Å². The number of hydrogen-bond donors (Lipinski definition) is 1. The third kappa shape index (κ3) is 2.84. The number of carbonyl (C=O) groups is 1. The lowest BCUT2D eigenvalue weighted by Crippen LogP contribution is -2.44. The fourth-order valence-corrected chi connectivity index (χ4v) is 4.57. The maximum absolute atomic E-state index is 13.6. The Morgan fingerprint density at radius 3 is 2.65 bits per heavy atom. The van der Waals surface area contributed by atoms with Crippen molar-refractivity contribution in [3.63, 3.8) is 0 Å². The highest BCUT2D eigenvalue weighted by atomic mass is 16.5. The second-order valence-corrected chi connectivity index (χ2v) is 8.15. The van der Waals surface area contributed by atoms with Crippen LogP contribution in [0.3, 0.4) is 0 Å². The first-order valence-electron chi connectivity index (χ1n) is 10.5. The van der Waals surface area contributed by atoms with Gasteiger partial charge in [-0.3, -0.25) is 4.79 Å². The lowest BCUT2D eigenvalue weighted by molar-refractivity contribution is 0.104. The van der Waals surface area contributed by atoms with Crippen molar-refractivity contribution in [2.45, 2.75) is 6.54 Å². The van der Waals surface area contributed by atoms with Crippen molar-refractivity contribution in [1.29, 1.82) is 0 Å². The first-order valence-corrected chi connectivity index (χ1v) is 10.5. The van der Waals surface area contributed by atoms with E-state index in [1.54, 1.807) is 6.26 Å². The largest absolute Gasteiger partial charge is 0.467 e. The van der Waals surface area contributed by atoms with Crippen LogP contribution in [0.25, 0.3) is 22.2 Å². The number of nitrogens with zero attached hydrogens (tertiary/aromatic N) is 3. The number of carbonyl (C=O) groups excluding carboxylic acids is 1. The van der Waals surface area contributed by atoms with Crippen LogP contribution >= 0.6 is 0 Å². The standard InChI is InChI=1S/C24H22N4O3/c1-27-8-10-28(11-9-27)19-13-18(25-14-15-5-4-12-30-15)20-21-22(19)26-31-24(21)17-7-3-2-6-16(17)23(20)29/h2-7,12-13,25H,8-11,14H2,1H3. The summed E-state index contributed by atoms with van der Waals surface area (Å²) in [7, 11) is 2.13. The molecule has 0 spiro atoms. The van der Waals surface area contributed by atoms with E-state index in [2.05, 4.69) is 27.3 Å². The third-order valence-electron chi connectivity index (χ3n) is 6.26. The van der Waals surface area contributed by atoms with E-state index >= 15 is 0 Å². The Bertz CT molecular complexity index is 1280. The number of nitrogens with one attached hydrogen (secondary N) is 1. The van der Waals surface area contributed by atoms with Crippen LogP contribution in [0.5, 0.6) is 0 Å². The van der Waals surface area contributed by atoms with E-state index in [0.29, 0.717) is 23.4 Å². The van der Waals surface area contributed by atoms with E-state index in [1.165, 1.54) is 0 Å². The minimum absolute atomic E-state index is 0.0110. The molecule has 7 heteroatoms. The second kappa shape index (κ2) is 6.99. The van der Waals surface area contributed by atoms with E-state index in [-0.39, 0.29) is 5.78 Å². The molecule has 0 radical (unpaired) electrons. The maximum atomic E-state index is 13.6. The number of rotatable bonds is 4. The Morgan fingerprint density at radius 1 is 1.06 bits per heavy atom. The first kappa shape index (κ1) is 18.2. The summed E-state index contributed by atoms with van der Waals surface area (Å²) in [6, 6.07) is 13.4. The summed E-state index contributed by atoms with van der Waals surface area (Å²) in [6.07, 6.45) is 1.65. The zero-order valence-electron chi connectivity index (χ0n) is 17.2. The molecule has 1 fully saturated rings. The molecule has 0 saturated carbocycles. The van der Waals surface area contributed by atoms with Crippen molar-refractivity contribution in [2.24, 2.45) is 0 Å². The molecule has 3 heterocycles. The van der Waals surface area contributed by atoms with Gasteiger partial charge in [0.1, 0.15) is 11.3 Å². The minimum Gasteiger partial charge on any atom is -0.467 e. The average molecular weight is 414 g/mol. The van der Waals surface area contributed by atoms with Crippen LogP contribution in [0.2, 0.25) is 0 Å². The van der Waals surface area contributed by atoms with Crippen molar-refractivity contribution in [2.75, 3.05) is 43.4 Å². The Balaban J connectivity index is 1.54. The van der Waals surface area contributed by atoms with Crippen molar-refractivity contribution < 1.29 is 13.7 Å². The van der Waals surface area contributed by atoms with Gasteiger partial charge in [0.15, 0.2) is 11.5 Å². The fraction of sp³-hybridized carbons (Fsp3) is 0.250. The molecule has 0 amide bonds. The Morgan fingerprint density at radius 2 is 1.87 bits per heavy atom. The number of fused-ring (bicyclic) bond motifs is 2. The van der Waals surface area contributed by atoms with Crippen molar-refractivity contribution in [3.8, 4) is 11.3 Å². The molecule has 2 aromatic heterocycles. The number of piperazine rings is 1. The normalized spacial score (nSPS) is 16.0. The van der Waals surface area contributed by atoms with Gasteiger partial charge in [-0.25, -0.2) is 0 Å². The van der Waals surface area contributed by atoms with Gasteiger partial charge in [0.2, 0.25) is 0 Å². The summed E-state index contributed by atoms with van der Waals surface area (Å²) in [5.74, 6) is 1.46. The highest BCUT2D eigenvalue weighted by Crippen LogP contribution is 2.45. The van der Waals surface area contributed by atoms with Crippen LogP contribution in [0, 0.1) is 0 Å². The lowest BCUT2D eigenvalue weighted by atomic mass is 9.86. The highest BCUT2D eigenvalue weighted by molar-refractivity contribution is 6.28. The van der Waals surface area contributed by atoms with Gasteiger partial charge in [-0.2, -0.15) is 0 Å². The zero-order chi connectivity index (χ0) is 20.9. The molecule has 6 rings (SSSR count). The number of benzene rings is 2. The van der Waals surface area contributed by atoms with E-state index < -0.39 is 0 Å². The predicted octanol–water partition coefficient (Wildman–Crippen LogP) is 4.00. The molecule has 2 aliphatic rings. The van der Waals surface area contributed by atoms with E-state index in [1.807, 2.05) is 42.5 Å². The molecule has 1 N–H and O–H groups in total. The number of aromatic nitrogens is 1. The molecule has 31 heavy (non-hydrogen) atoms. The molecule has 0 atom stereocenters. The average Bonchev–Trinajstić information content (AvgIpc) is 3.47. The number of furan rings is 1. The monoisotopic (exact) mass is 414 g/mol. The molecule has 4 aromatic rings. The maximum Gasteiger partial charge on any atom is 0.196 e. The minimum atomic E-state index is -0.0110. The molecular weight excluding hydrogens is 392 g/mol. The summed E-state index contributed by atoms with van der Waals surface area (Å²) in [4.78, 5) is 18.2. The van der Waals surface area contributed by atoms with Gasteiger partial charge in [0.05, 0.1) is 29.4 Å². The quantitative estimate of drug-likeness (QED) is 0.476. The Labute approximate surface area is 179 Å². The second-order valence-electron chi connectivity index (χ2n) is 8.15. The molecule has 1 aliphatic heterocycles. The van der Waals surface area contributed by atoms with Crippen LogP contribution in [0.4, 0.5) is 11.4 Å². The van der Waals surface area contributed by atoms with Crippen LogP contribution < -0.4 is 10.2 Å². The summed E-state index contributed by atoms with van der Waals surface area (Å²) in [5, 5.41) is 8.67. The van der Waals surface area contributed by atoms with Crippen molar-refractivity contribution >= 4 is 28.1 Å². The summed E-state index contributed by atoms with van der Waals surface area (Å²) >= 11 is 0. The molecule has 0 bridgehead atoms. The summed E-state index contributed by atoms with van der Waals surface area (Å²) in [5.41, 5.74) is 4.59. The SMILES string of the molecule is CN1CCN(c2cc(NCc3ccco3)c3c4c(onc24)-c2ccccc2C3=O)CC1. The van der Waals surface area contributed by atoms with E-state index in [9.17, 15) is 4.79 Å². The van der Waals surface area contributed by atoms with Gasteiger partial charge >= 0.3 is 0 Å². The first-order chi connectivity index (χ1) is 15.2. The molecular formula is C24H22N4O3. The summed E-state index contributed by atoms with van der Waals surface area (Å²) < 4.78 is 11.3. The Hall–Kier alpha value is -3.58. The molecule has 156 valence electrons. The smallest absolute Gasteiger partial charge is 0.196 e.